The van der Waals surface area contributed by atoms with E-state index >= 15 is 0 Å². The van der Waals surface area contributed by atoms with Gasteiger partial charge in [0.25, 0.3) is 5.91 Å². The van der Waals surface area contributed by atoms with Gasteiger partial charge < -0.3 is 19.8 Å². The highest BCUT2D eigenvalue weighted by molar-refractivity contribution is 6.07. The molecule has 0 aliphatic carbocycles. The number of benzene rings is 2. The number of rotatable bonds is 6. The Hall–Kier alpha value is -4.13. The fourth-order valence-electron chi connectivity index (χ4n) is 3.20. The third-order valence-corrected chi connectivity index (χ3v) is 4.63. The fraction of sp³-hybridized carbons (Fsp3) is 0.125. The Morgan fingerprint density at radius 2 is 1.87 bits per heavy atom. The monoisotopic (exact) mass is 414 g/mol. The molecule has 2 amide bonds. The molecule has 0 radical (unpaired) electrons. The summed E-state index contributed by atoms with van der Waals surface area (Å²) in [5.41, 5.74) is 4.14. The van der Waals surface area contributed by atoms with Crippen molar-refractivity contribution in [2.24, 2.45) is 0 Å². The number of imidazole rings is 1. The first-order valence-electron chi connectivity index (χ1n) is 9.83. The van der Waals surface area contributed by atoms with E-state index in [9.17, 15) is 9.59 Å². The van der Waals surface area contributed by atoms with Gasteiger partial charge in [-0.3, -0.25) is 9.59 Å². The molecule has 156 valence electrons. The number of ether oxygens (including phenoxy) is 1. The largest absolute Gasteiger partial charge is 0.487 e. The van der Waals surface area contributed by atoms with Gasteiger partial charge in [0.1, 0.15) is 18.0 Å². The van der Waals surface area contributed by atoms with Crippen molar-refractivity contribution in [3.63, 3.8) is 0 Å². The highest BCUT2D eigenvalue weighted by Gasteiger charge is 2.12. The number of aryl methyl sites for hydroxylation is 1. The van der Waals surface area contributed by atoms with Crippen molar-refractivity contribution in [2.45, 2.75) is 20.5 Å². The second-order valence-electron chi connectivity index (χ2n) is 7.20. The maximum absolute atomic E-state index is 12.8. The van der Waals surface area contributed by atoms with E-state index in [1.165, 1.54) is 6.92 Å². The molecule has 0 spiro atoms. The molecule has 4 aromatic rings. The molecule has 0 fully saturated rings. The third kappa shape index (κ3) is 4.90. The second-order valence-corrected chi connectivity index (χ2v) is 7.20. The SMILES string of the molecule is CC(=O)Nc1ccc(C)cc1NC(=O)c1cccc(OCc2cn3ccccc3n2)c1. The number of aromatic nitrogens is 2. The van der Waals surface area contributed by atoms with Crippen LogP contribution in [0.25, 0.3) is 5.65 Å². The maximum atomic E-state index is 12.8. The lowest BCUT2D eigenvalue weighted by atomic mass is 10.1. The Morgan fingerprint density at radius 1 is 1.00 bits per heavy atom. The van der Waals surface area contributed by atoms with Crippen LogP contribution in [0.5, 0.6) is 5.75 Å². The van der Waals surface area contributed by atoms with Gasteiger partial charge in [0.15, 0.2) is 0 Å². The van der Waals surface area contributed by atoms with E-state index in [2.05, 4.69) is 15.6 Å². The van der Waals surface area contributed by atoms with Gasteiger partial charge in [-0.15, -0.1) is 0 Å². The second kappa shape index (κ2) is 8.71. The molecule has 7 heteroatoms. The smallest absolute Gasteiger partial charge is 0.255 e. The van der Waals surface area contributed by atoms with E-state index in [4.69, 9.17) is 4.74 Å². The van der Waals surface area contributed by atoms with Gasteiger partial charge in [-0.05, 0) is 55.0 Å². The summed E-state index contributed by atoms with van der Waals surface area (Å²) in [6.45, 7) is 3.63. The quantitative estimate of drug-likeness (QED) is 0.489. The van der Waals surface area contributed by atoms with Crippen LogP contribution < -0.4 is 15.4 Å². The van der Waals surface area contributed by atoms with Crippen molar-refractivity contribution in [3.05, 3.63) is 89.9 Å². The summed E-state index contributed by atoms with van der Waals surface area (Å²) in [5, 5.41) is 5.60. The van der Waals surface area contributed by atoms with Crippen molar-refractivity contribution in [3.8, 4) is 5.75 Å². The van der Waals surface area contributed by atoms with Crippen LogP contribution in [0.2, 0.25) is 0 Å². The molecule has 2 aromatic carbocycles. The zero-order valence-corrected chi connectivity index (χ0v) is 17.3. The summed E-state index contributed by atoms with van der Waals surface area (Å²) in [6.07, 6.45) is 3.84. The molecule has 4 rings (SSSR count). The molecular formula is C24H22N4O3. The average Bonchev–Trinajstić information content (AvgIpc) is 3.17. The van der Waals surface area contributed by atoms with E-state index in [-0.39, 0.29) is 18.4 Å². The van der Waals surface area contributed by atoms with Crippen molar-refractivity contribution in [1.82, 2.24) is 9.38 Å². The number of nitrogens with zero attached hydrogens (tertiary/aromatic N) is 2. The molecule has 2 heterocycles. The number of carbonyl (C=O) groups excluding carboxylic acids is 2. The minimum absolute atomic E-state index is 0.207. The first-order valence-corrected chi connectivity index (χ1v) is 9.83. The molecule has 0 saturated heterocycles. The predicted octanol–water partition coefficient (Wildman–Crippen LogP) is 4.43. The molecule has 2 aromatic heterocycles. The lowest BCUT2D eigenvalue weighted by Crippen LogP contribution is -2.15. The highest BCUT2D eigenvalue weighted by atomic mass is 16.5. The Kier molecular flexibility index (Phi) is 5.66. The summed E-state index contributed by atoms with van der Waals surface area (Å²) in [4.78, 5) is 28.8. The van der Waals surface area contributed by atoms with Crippen molar-refractivity contribution >= 4 is 28.8 Å². The zero-order valence-electron chi connectivity index (χ0n) is 17.3. The lowest BCUT2D eigenvalue weighted by molar-refractivity contribution is -0.114. The number of hydrogen-bond acceptors (Lipinski definition) is 4. The van der Waals surface area contributed by atoms with E-state index in [0.717, 1.165) is 16.9 Å². The van der Waals surface area contributed by atoms with E-state index < -0.39 is 0 Å². The zero-order chi connectivity index (χ0) is 21.8. The number of amides is 2. The minimum Gasteiger partial charge on any atom is -0.487 e. The van der Waals surface area contributed by atoms with E-state index in [1.807, 2.05) is 54.0 Å². The molecule has 31 heavy (non-hydrogen) atoms. The van der Waals surface area contributed by atoms with E-state index in [0.29, 0.717) is 22.7 Å². The van der Waals surface area contributed by atoms with Crippen LogP contribution in [0.15, 0.2) is 73.1 Å². The van der Waals surface area contributed by atoms with Gasteiger partial charge in [0, 0.05) is 24.9 Å². The molecular weight excluding hydrogens is 392 g/mol. The third-order valence-electron chi connectivity index (χ3n) is 4.63. The van der Waals surface area contributed by atoms with Crippen LogP contribution in [0.3, 0.4) is 0 Å². The Balaban J connectivity index is 1.47. The first-order chi connectivity index (χ1) is 15.0. The lowest BCUT2D eigenvalue weighted by Gasteiger charge is -2.13. The van der Waals surface area contributed by atoms with Crippen LogP contribution in [0.1, 0.15) is 28.5 Å². The van der Waals surface area contributed by atoms with Crippen molar-refractivity contribution in [1.29, 1.82) is 0 Å². The van der Waals surface area contributed by atoms with Crippen molar-refractivity contribution in [2.75, 3.05) is 10.6 Å². The summed E-state index contributed by atoms with van der Waals surface area (Å²) < 4.78 is 7.77. The summed E-state index contributed by atoms with van der Waals surface area (Å²) >= 11 is 0. The maximum Gasteiger partial charge on any atom is 0.255 e. The molecule has 0 aliphatic heterocycles. The Labute approximate surface area is 179 Å². The van der Waals surface area contributed by atoms with Gasteiger partial charge in [0.2, 0.25) is 5.91 Å². The predicted molar refractivity (Wildman–Crippen MR) is 119 cm³/mol. The highest BCUT2D eigenvalue weighted by Crippen LogP contribution is 2.24. The number of pyridine rings is 1. The van der Waals surface area contributed by atoms with Gasteiger partial charge in [-0.1, -0.05) is 18.2 Å². The number of carbonyl (C=O) groups is 2. The molecule has 0 unspecified atom stereocenters. The normalized spacial score (nSPS) is 10.6. The average molecular weight is 414 g/mol. The molecule has 0 saturated carbocycles. The van der Waals surface area contributed by atoms with Crippen LogP contribution >= 0.6 is 0 Å². The standard InChI is InChI=1S/C24H22N4O3/c1-16-9-10-21(25-17(2)29)22(12-16)27-24(30)18-6-5-7-20(13-18)31-15-19-14-28-11-4-3-8-23(28)26-19/h3-14H,15H2,1-2H3,(H,25,29)(H,27,30). The number of anilines is 2. The topological polar surface area (TPSA) is 84.7 Å². The van der Waals surface area contributed by atoms with E-state index in [1.54, 1.807) is 30.3 Å². The number of fused-ring (bicyclic) bond motifs is 1. The molecule has 0 atom stereocenters. The summed E-state index contributed by atoms with van der Waals surface area (Å²) in [5.74, 6) is 0.0631. The minimum atomic E-state index is -0.296. The summed E-state index contributed by atoms with van der Waals surface area (Å²) in [7, 11) is 0. The molecule has 7 nitrogen and oxygen atoms in total. The molecule has 0 aliphatic rings. The molecule has 2 N–H and O–H groups in total. The van der Waals surface area contributed by atoms with Crippen LogP contribution in [0, 0.1) is 6.92 Å². The number of hydrogen-bond donors (Lipinski definition) is 2. The first kappa shape index (κ1) is 20.2. The Bertz CT molecular complexity index is 1230. The van der Waals surface area contributed by atoms with Gasteiger partial charge in [-0.2, -0.15) is 0 Å². The number of nitrogens with one attached hydrogen (secondary N) is 2. The van der Waals surface area contributed by atoms with Crippen LogP contribution in [0.4, 0.5) is 11.4 Å². The van der Waals surface area contributed by atoms with Crippen molar-refractivity contribution < 1.29 is 14.3 Å². The van der Waals surface area contributed by atoms with Crippen LogP contribution in [-0.4, -0.2) is 21.2 Å². The Morgan fingerprint density at radius 3 is 2.68 bits per heavy atom. The van der Waals surface area contributed by atoms with Gasteiger partial charge in [-0.25, -0.2) is 4.98 Å². The summed E-state index contributed by atoms with van der Waals surface area (Å²) in [6, 6.07) is 18.2. The van der Waals surface area contributed by atoms with Gasteiger partial charge >= 0.3 is 0 Å². The van der Waals surface area contributed by atoms with Crippen LogP contribution in [-0.2, 0) is 11.4 Å². The fourth-order valence-corrected chi connectivity index (χ4v) is 3.20. The molecule has 0 bridgehead atoms. The van der Waals surface area contributed by atoms with Gasteiger partial charge in [0.05, 0.1) is 17.1 Å².